The van der Waals surface area contributed by atoms with E-state index in [-0.39, 0.29) is 17.9 Å². The summed E-state index contributed by atoms with van der Waals surface area (Å²) in [6, 6.07) is 8.02. The van der Waals surface area contributed by atoms with Crippen molar-refractivity contribution in [3.8, 4) is 0 Å². The highest BCUT2D eigenvalue weighted by Gasteiger charge is 2.36. The standard InChI is InChI=1S/C19H23BrN4O2/c20-14-3-1-4-15-13(14)11-16(22-15)19(26)23-9-6-12(7-10-23)24-8-2-5-17(24)18(21)25/h1,3-4,11-12,17,22H,2,5-10H2,(H2,21,25). The summed E-state index contributed by atoms with van der Waals surface area (Å²) in [5.41, 5.74) is 7.13. The molecule has 2 aromatic rings. The minimum absolute atomic E-state index is 0.0411. The van der Waals surface area contributed by atoms with E-state index in [0.717, 1.165) is 47.6 Å². The molecular formula is C19H23BrN4O2. The van der Waals surface area contributed by atoms with Crippen molar-refractivity contribution in [2.45, 2.75) is 37.8 Å². The van der Waals surface area contributed by atoms with Gasteiger partial charge in [0.05, 0.1) is 6.04 Å². The molecular weight excluding hydrogens is 396 g/mol. The van der Waals surface area contributed by atoms with Crippen molar-refractivity contribution in [1.29, 1.82) is 0 Å². The number of hydrogen-bond donors (Lipinski definition) is 2. The second-order valence-corrected chi connectivity index (χ2v) is 8.06. The lowest BCUT2D eigenvalue weighted by Gasteiger charge is -2.38. The Hall–Kier alpha value is -1.86. The lowest BCUT2D eigenvalue weighted by Crippen LogP contribution is -2.51. The molecule has 2 aliphatic heterocycles. The highest BCUT2D eigenvalue weighted by Crippen LogP contribution is 2.28. The van der Waals surface area contributed by atoms with Crippen LogP contribution in [0.3, 0.4) is 0 Å². The number of H-pyrrole nitrogens is 1. The largest absolute Gasteiger partial charge is 0.368 e. The number of likely N-dealkylation sites (tertiary alicyclic amines) is 2. The lowest BCUT2D eigenvalue weighted by atomic mass is 10.0. The van der Waals surface area contributed by atoms with Crippen molar-refractivity contribution < 1.29 is 9.59 Å². The van der Waals surface area contributed by atoms with Crippen LogP contribution in [-0.2, 0) is 4.79 Å². The van der Waals surface area contributed by atoms with Crippen LogP contribution in [0.15, 0.2) is 28.7 Å². The summed E-state index contributed by atoms with van der Waals surface area (Å²) in [5, 5.41) is 1.02. The maximum atomic E-state index is 12.9. The summed E-state index contributed by atoms with van der Waals surface area (Å²) in [7, 11) is 0. The van der Waals surface area contributed by atoms with Crippen molar-refractivity contribution in [2.75, 3.05) is 19.6 Å². The van der Waals surface area contributed by atoms with Crippen molar-refractivity contribution in [3.05, 3.63) is 34.4 Å². The van der Waals surface area contributed by atoms with Crippen LogP contribution in [0.2, 0.25) is 0 Å². The van der Waals surface area contributed by atoms with Crippen molar-refractivity contribution in [3.63, 3.8) is 0 Å². The van der Waals surface area contributed by atoms with Gasteiger partial charge in [-0.05, 0) is 50.4 Å². The van der Waals surface area contributed by atoms with Gasteiger partial charge in [0.2, 0.25) is 5.91 Å². The Bertz CT molecular complexity index is 841. The van der Waals surface area contributed by atoms with Crippen molar-refractivity contribution in [1.82, 2.24) is 14.8 Å². The highest BCUT2D eigenvalue weighted by molar-refractivity contribution is 9.10. The number of aromatic nitrogens is 1. The molecule has 0 spiro atoms. The van der Waals surface area contributed by atoms with Gasteiger partial charge in [-0.2, -0.15) is 0 Å². The number of primary amides is 1. The van der Waals surface area contributed by atoms with E-state index in [1.165, 1.54) is 0 Å². The molecule has 0 radical (unpaired) electrons. The van der Waals surface area contributed by atoms with Crippen LogP contribution in [-0.4, -0.2) is 58.3 Å². The minimum Gasteiger partial charge on any atom is -0.368 e. The Kier molecular flexibility index (Phi) is 4.75. The molecule has 0 aliphatic carbocycles. The first-order valence-corrected chi connectivity index (χ1v) is 9.95. The number of nitrogens with one attached hydrogen (secondary N) is 1. The number of amides is 2. The van der Waals surface area contributed by atoms with Gasteiger partial charge >= 0.3 is 0 Å². The number of carbonyl (C=O) groups is 2. The Morgan fingerprint density at radius 3 is 2.62 bits per heavy atom. The minimum atomic E-state index is -0.218. The first-order chi connectivity index (χ1) is 12.5. The van der Waals surface area contributed by atoms with Gasteiger partial charge in [0.15, 0.2) is 0 Å². The molecule has 26 heavy (non-hydrogen) atoms. The van der Waals surface area contributed by atoms with Crippen LogP contribution in [0.1, 0.15) is 36.2 Å². The molecule has 3 N–H and O–H groups in total. The number of carbonyl (C=O) groups excluding carboxylic acids is 2. The summed E-state index contributed by atoms with van der Waals surface area (Å²) >= 11 is 3.53. The average Bonchev–Trinajstić information content (AvgIpc) is 3.29. The van der Waals surface area contributed by atoms with Crippen LogP contribution < -0.4 is 5.73 Å². The van der Waals surface area contributed by atoms with Gasteiger partial charge in [-0.15, -0.1) is 0 Å². The molecule has 6 nitrogen and oxygen atoms in total. The van der Waals surface area contributed by atoms with Gasteiger partial charge in [0.25, 0.3) is 5.91 Å². The van der Waals surface area contributed by atoms with Gasteiger partial charge < -0.3 is 15.6 Å². The van der Waals surface area contributed by atoms with Crippen LogP contribution in [0, 0.1) is 0 Å². The fourth-order valence-corrected chi connectivity index (χ4v) is 4.82. The van der Waals surface area contributed by atoms with Crippen molar-refractivity contribution in [2.24, 2.45) is 5.73 Å². The summed E-state index contributed by atoms with van der Waals surface area (Å²) < 4.78 is 0.982. The molecule has 0 bridgehead atoms. The molecule has 2 amide bonds. The van der Waals surface area contributed by atoms with E-state index in [4.69, 9.17) is 5.73 Å². The molecule has 7 heteroatoms. The molecule has 1 unspecified atom stereocenters. The lowest BCUT2D eigenvalue weighted by molar-refractivity contribution is -0.123. The van der Waals surface area contributed by atoms with Gasteiger partial charge in [0, 0.05) is 34.5 Å². The van der Waals surface area contributed by atoms with Gasteiger partial charge in [-0.3, -0.25) is 14.5 Å². The van der Waals surface area contributed by atoms with Gasteiger partial charge in [0.1, 0.15) is 5.69 Å². The molecule has 2 aliphatic rings. The number of benzene rings is 1. The van der Waals surface area contributed by atoms with E-state index >= 15 is 0 Å². The second kappa shape index (κ2) is 7.04. The Balaban J connectivity index is 1.43. The smallest absolute Gasteiger partial charge is 0.270 e. The van der Waals surface area contributed by atoms with Crippen LogP contribution in [0.4, 0.5) is 0 Å². The summed E-state index contributed by atoms with van der Waals surface area (Å²) in [6.07, 6.45) is 3.66. The average molecular weight is 419 g/mol. The predicted molar refractivity (Wildman–Crippen MR) is 104 cm³/mol. The van der Waals surface area contributed by atoms with Crippen LogP contribution in [0.5, 0.6) is 0 Å². The third-order valence-electron chi connectivity index (χ3n) is 5.68. The number of nitrogens with zero attached hydrogens (tertiary/aromatic N) is 2. The molecule has 1 aromatic carbocycles. The maximum Gasteiger partial charge on any atom is 0.270 e. The molecule has 0 saturated carbocycles. The number of rotatable bonds is 3. The van der Waals surface area contributed by atoms with E-state index in [1.807, 2.05) is 29.2 Å². The topological polar surface area (TPSA) is 82.4 Å². The first-order valence-electron chi connectivity index (χ1n) is 9.16. The normalized spacial score (nSPS) is 22.2. The van der Waals surface area contributed by atoms with E-state index in [1.54, 1.807) is 0 Å². The van der Waals surface area contributed by atoms with E-state index in [2.05, 4.69) is 25.8 Å². The number of hydrogen-bond acceptors (Lipinski definition) is 3. The Morgan fingerprint density at radius 2 is 1.92 bits per heavy atom. The molecule has 3 heterocycles. The second-order valence-electron chi connectivity index (χ2n) is 7.21. The molecule has 138 valence electrons. The molecule has 4 rings (SSSR count). The zero-order valence-corrected chi connectivity index (χ0v) is 16.2. The maximum absolute atomic E-state index is 12.9. The molecule has 1 aromatic heterocycles. The quantitative estimate of drug-likeness (QED) is 0.802. The fourth-order valence-electron chi connectivity index (χ4n) is 4.34. The van der Waals surface area contributed by atoms with Gasteiger partial charge in [-0.25, -0.2) is 0 Å². The summed E-state index contributed by atoms with van der Waals surface area (Å²) in [4.78, 5) is 31.9. The van der Waals surface area contributed by atoms with E-state index < -0.39 is 0 Å². The number of piperidine rings is 1. The van der Waals surface area contributed by atoms with E-state index in [9.17, 15) is 9.59 Å². The molecule has 2 saturated heterocycles. The third kappa shape index (κ3) is 3.14. The molecule has 2 fully saturated rings. The number of nitrogens with two attached hydrogens (primary N) is 1. The van der Waals surface area contributed by atoms with Gasteiger partial charge in [-0.1, -0.05) is 22.0 Å². The zero-order chi connectivity index (χ0) is 18.3. The highest BCUT2D eigenvalue weighted by atomic mass is 79.9. The first kappa shape index (κ1) is 17.5. The fraction of sp³-hybridized carbons (Fsp3) is 0.474. The SMILES string of the molecule is NC(=O)C1CCCN1C1CCN(C(=O)c2cc3c(Br)cccc3[nH]2)CC1. The summed E-state index contributed by atoms with van der Waals surface area (Å²) in [5.74, 6) is -0.177. The van der Waals surface area contributed by atoms with E-state index in [0.29, 0.717) is 24.8 Å². The summed E-state index contributed by atoms with van der Waals surface area (Å²) in [6.45, 7) is 2.35. The Morgan fingerprint density at radius 1 is 1.15 bits per heavy atom. The van der Waals surface area contributed by atoms with Crippen LogP contribution >= 0.6 is 15.9 Å². The molecule has 1 atom stereocenters. The third-order valence-corrected chi connectivity index (χ3v) is 6.38. The number of aromatic amines is 1. The monoisotopic (exact) mass is 418 g/mol. The Labute approximate surface area is 160 Å². The van der Waals surface area contributed by atoms with Crippen LogP contribution in [0.25, 0.3) is 10.9 Å². The van der Waals surface area contributed by atoms with Crippen molar-refractivity contribution >= 4 is 38.6 Å². The number of halogens is 1. The zero-order valence-electron chi connectivity index (χ0n) is 14.6. The predicted octanol–water partition coefficient (Wildman–Crippen LogP) is 2.48. The number of fused-ring (bicyclic) bond motifs is 1.